The summed E-state index contributed by atoms with van der Waals surface area (Å²) in [6.07, 6.45) is 3.36. The molecule has 0 fully saturated rings. The summed E-state index contributed by atoms with van der Waals surface area (Å²) in [6, 6.07) is 16.9. The average molecular weight is 462 g/mol. The molecule has 0 unspecified atom stereocenters. The second-order valence-electron chi connectivity index (χ2n) is 6.80. The van der Waals surface area contributed by atoms with Gasteiger partial charge in [0.1, 0.15) is 5.75 Å². The molecule has 10 heteroatoms. The summed E-state index contributed by atoms with van der Waals surface area (Å²) in [5.41, 5.74) is 1.63. The van der Waals surface area contributed by atoms with Gasteiger partial charge in [0.2, 0.25) is 0 Å². The van der Waals surface area contributed by atoms with Gasteiger partial charge in [0.05, 0.1) is 23.0 Å². The van der Waals surface area contributed by atoms with Crippen molar-refractivity contribution in [1.82, 2.24) is 19.7 Å². The number of para-hydroxylation sites is 2. The Balaban J connectivity index is 1.69. The highest BCUT2D eigenvalue weighted by atomic mass is 32.2. The number of nitro groups is 1. The van der Waals surface area contributed by atoms with E-state index in [9.17, 15) is 14.9 Å². The minimum Gasteiger partial charge on any atom is -0.492 e. The highest BCUT2D eigenvalue weighted by Gasteiger charge is 2.21. The van der Waals surface area contributed by atoms with Gasteiger partial charge in [-0.05, 0) is 31.2 Å². The Hall–Kier alpha value is -4.05. The van der Waals surface area contributed by atoms with E-state index in [1.807, 2.05) is 41.8 Å². The minimum atomic E-state index is -0.522. The van der Waals surface area contributed by atoms with Crippen LogP contribution in [0, 0.1) is 10.1 Å². The van der Waals surface area contributed by atoms with E-state index in [1.165, 1.54) is 30.0 Å². The fourth-order valence-corrected chi connectivity index (χ4v) is 4.03. The van der Waals surface area contributed by atoms with Gasteiger partial charge in [-0.15, -0.1) is 10.2 Å². The fourth-order valence-electron chi connectivity index (χ4n) is 3.19. The first-order valence-electron chi connectivity index (χ1n) is 10.1. The quantitative estimate of drug-likeness (QED) is 0.154. The summed E-state index contributed by atoms with van der Waals surface area (Å²) in [7, 11) is 0. The number of ether oxygens (including phenoxy) is 1. The zero-order valence-electron chi connectivity index (χ0n) is 17.6. The van der Waals surface area contributed by atoms with E-state index >= 15 is 0 Å². The first kappa shape index (κ1) is 22.2. The Labute approximate surface area is 193 Å². The molecule has 2 aromatic heterocycles. The monoisotopic (exact) mass is 461 g/mol. The second-order valence-corrected chi connectivity index (χ2v) is 7.75. The molecule has 0 N–H and O–H groups in total. The lowest BCUT2D eigenvalue weighted by Gasteiger charge is -2.14. The van der Waals surface area contributed by atoms with Crippen molar-refractivity contribution >= 4 is 23.2 Å². The van der Waals surface area contributed by atoms with Crippen LogP contribution in [0.5, 0.6) is 5.75 Å². The van der Waals surface area contributed by atoms with E-state index < -0.39 is 4.92 Å². The zero-order chi connectivity index (χ0) is 23.2. The molecule has 0 saturated heterocycles. The zero-order valence-corrected chi connectivity index (χ0v) is 18.4. The molecular weight excluding hydrogens is 442 g/mol. The van der Waals surface area contributed by atoms with Crippen molar-refractivity contribution in [2.45, 2.75) is 12.1 Å². The third-order valence-electron chi connectivity index (χ3n) is 4.67. The molecule has 0 atom stereocenters. The lowest BCUT2D eigenvalue weighted by Crippen LogP contribution is -2.07. The van der Waals surface area contributed by atoms with Gasteiger partial charge >= 0.3 is 0 Å². The van der Waals surface area contributed by atoms with Crippen molar-refractivity contribution in [3.05, 3.63) is 88.7 Å². The number of pyridine rings is 1. The number of Topliss-reactive ketones (excluding diaryl/α,β-unsaturated/α-hetero) is 1. The van der Waals surface area contributed by atoms with Gasteiger partial charge in [-0.2, -0.15) is 0 Å². The predicted molar refractivity (Wildman–Crippen MR) is 124 cm³/mol. The van der Waals surface area contributed by atoms with E-state index in [2.05, 4.69) is 15.2 Å². The van der Waals surface area contributed by atoms with Crippen LogP contribution in [-0.2, 0) is 0 Å². The van der Waals surface area contributed by atoms with E-state index in [4.69, 9.17) is 4.74 Å². The Morgan fingerprint density at radius 2 is 1.97 bits per heavy atom. The third-order valence-corrected chi connectivity index (χ3v) is 5.60. The van der Waals surface area contributed by atoms with Crippen molar-refractivity contribution in [2.24, 2.45) is 0 Å². The topological polar surface area (TPSA) is 113 Å². The van der Waals surface area contributed by atoms with Crippen molar-refractivity contribution in [3.63, 3.8) is 0 Å². The maximum atomic E-state index is 12.8. The molecule has 0 spiro atoms. The fraction of sp³-hybridized carbons (Fsp3) is 0.130. The predicted octanol–water partition coefficient (Wildman–Crippen LogP) is 4.61. The molecule has 0 aliphatic rings. The molecule has 0 radical (unpaired) electrons. The number of benzene rings is 2. The molecule has 2 aromatic carbocycles. The first-order valence-corrected chi connectivity index (χ1v) is 11.1. The second kappa shape index (κ2) is 10.0. The van der Waals surface area contributed by atoms with Gasteiger partial charge in [-0.25, -0.2) is 0 Å². The van der Waals surface area contributed by atoms with Gasteiger partial charge in [-0.1, -0.05) is 36.0 Å². The Morgan fingerprint density at radius 3 is 2.73 bits per heavy atom. The van der Waals surface area contributed by atoms with Crippen molar-refractivity contribution in [3.8, 4) is 22.8 Å². The summed E-state index contributed by atoms with van der Waals surface area (Å²) in [5, 5.41) is 20.2. The van der Waals surface area contributed by atoms with Crippen LogP contribution in [0.1, 0.15) is 17.3 Å². The number of aromatic nitrogens is 4. The highest BCUT2D eigenvalue weighted by molar-refractivity contribution is 7.99. The number of nitrogens with zero attached hydrogens (tertiary/aromatic N) is 5. The number of carbonyl (C=O) groups excluding carboxylic acids is 1. The highest BCUT2D eigenvalue weighted by Crippen LogP contribution is 2.32. The molecule has 9 nitrogen and oxygen atoms in total. The van der Waals surface area contributed by atoms with Crippen molar-refractivity contribution < 1.29 is 14.5 Å². The minimum absolute atomic E-state index is 0.0309. The molecule has 4 aromatic rings. The van der Waals surface area contributed by atoms with Gasteiger partial charge in [0.25, 0.3) is 5.69 Å². The summed E-state index contributed by atoms with van der Waals surface area (Å²) in [5.74, 6) is 0.986. The molecule has 0 bridgehead atoms. The maximum Gasteiger partial charge on any atom is 0.270 e. The van der Waals surface area contributed by atoms with Crippen LogP contribution in [-0.4, -0.2) is 42.8 Å². The van der Waals surface area contributed by atoms with Crippen LogP contribution >= 0.6 is 11.8 Å². The molecular formula is C23H19N5O4S. The largest absolute Gasteiger partial charge is 0.492 e. The molecule has 0 aliphatic carbocycles. The Morgan fingerprint density at radius 1 is 1.12 bits per heavy atom. The number of ketones is 1. The number of rotatable bonds is 9. The lowest BCUT2D eigenvalue weighted by atomic mass is 10.1. The molecule has 166 valence electrons. The number of non-ortho nitro benzene ring substituents is 1. The lowest BCUT2D eigenvalue weighted by molar-refractivity contribution is -0.384. The SMILES string of the molecule is CCOc1ccccc1-n1c(SCC(=O)c2cccc([N+](=O)[O-])c2)nnc1-c1cccnc1. The number of nitro benzene ring substituents is 1. The number of carbonyl (C=O) groups is 1. The standard InChI is InChI=1S/C23H19N5O4S/c1-2-32-21-11-4-3-10-19(21)27-22(17-8-6-12-24-14-17)25-26-23(27)33-15-20(29)16-7-5-9-18(13-16)28(30)31/h3-14H,2,15H2,1H3. The summed E-state index contributed by atoms with van der Waals surface area (Å²) < 4.78 is 7.63. The van der Waals surface area contributed by atoms with Crippen LogP contribution in [0.4, 0.5) is 5.69 Å². The molecule has 2 heterocycles. The van der Waals surface area contributed by atoms with E-state index in [0.717, 1.165) is 11.3 Å². The number of thioether (sulfide) groups is 1. The van der Waals surface area contributed by atoms with Crippen LogP contribution in [0.2, 0.25) is 0 Å². The Kier molecular flexibility index (Phi) is 6.75. The summed E-state index contributed by atoms with van der Waals surface area (Å²) >= 11 is 1.20. The summed E-state index contributed by atoms with van der Waals surface area (Å²) in [4.78, 5) is 27.4. The van der Waals surface area contributed by atoms with Gasteiger partial charge in [0, 0.05) is 35.7 Å². The van der Waals surface area contributed by atoms with Crippen LogP contribution in [0.3, 0.4) is 0 Å². The molecule has 0 amide bonds. The number of hydrogen-bond acceptors (Lipinski definition) is 8. The van der Waals surface area contributed by atoms with Crippen LogP contribution in [0.25, 0.3) is 17.1 Å². The number of hydrogen-bond donors (Lipinski definition) is 0. The van der Waals surface area contributed by atoms with E-state index in [1.54, 1.807) is 24.5 Å². The normalized spacial score (nSPS) is 10.7. The maximum absolute atomic E-state index is 12.8. The van der Waals surface area contributed by atoms with Crippen molar-refractivity contribution in [2.75, 3.05) is 12.4 Å². The molecule has 0 aliphatic heterocycles. The Bertz CT molecular complexity index is 1290. The smallest absolute Gasteiger partial charge is 0.270 e. The van der Waals surface area contributed by atoms with E-state index in [-0.39, 0.29) is 22.8 Å². The average Bonchev–Trinajstić information content (AvgIpc) is 3.27. The van der Waals surface area contributed by atoms with E-state index in [0.29, 0.717) is 23.3 Å². The van der Waals surface area contributed by atoms with Crippen LogP contribution < -0.4 is 4.74 Å². The third kappa shape index (κ3) is 4.90. The molecule has 33 heavy (non-hydrogen) atoms. The van der Waals surface area contributed by atoms with Crippen molar-refractivity contribution in [1.29, 1.82) is 0 Å². The summed E-state index contributed by atoms with van der Waals surface area (Å²) in [6.45, 7) is 2.38. The molecule has 4 rings (SSSR count). The van der Waals surface area contributed by atoms with Crippen LogP contribution in [0.15, 0.2) is 78.2 Å². The van der Waals surface area contributed by atoms with Gasteiger partial charge in [0.15, 0.2) is 16.8 Å². The van der Waals surface area contributed by atoms with Gasteiger partial charge < -0.3 is 4.74 Å². The first-order chi connectivity index (χ1) is 16.1. The molecule has 0 saturated carbocycles. The van der Waals surface area contributed by atoms with Gasteiger partial charge in [-0.3, -0.25) is 24.5 Å².